The van der Waals surface area contributed by atoms with Crippen molar-refractivity contribution in [3.63, 3.8) is 0 Å². The minimum atomic E-state index is -0.492. The Morgan fingerprint density at radius 2 is 2.08 bits per heavy atom. The quantitative estimate of drug-likeness (QED) is 0.894. The average molecular weight is 328 g/mol. The molecule has 1 aliphatic rings. The number of nitrogens with zero attached hydrogens (tertiary/aromatic N) is 3. The van der Waals surface area contributed by atoms with E-state index in [0.29, 0.717) is 11.3 Å². The van der Waals surface area contributed by atoms with Gasteiger partial charge < -0.3 is 15.4 Å². The zero-order chi connectivity index (χ0) is 17.1. The monoisotopic (exact) mass is 328 g/mol. The fourth-order valence-corrected chi connectivity index (χ4v) is 2.97. The normalized spacial score (nSPS) is 17.0. The Balaban J connectivity index is 1.60. The molecule has 1 saturated heterocycles. The van der Waals surface area contributed by atoms with E-state index in [1.165, 1.54) is 0 Å². The van der Waals surface area contributed by atoms with E-state index in [9.17, 15) is 9.59 Å². The van der Waals surface area contributed by atoms with Crippen molar-refractivity contribution in [2.75, 3.05) is 13.2 Å². The number of primary amides is 1. The molecule has 1 aliphatic heterocycles. The standard InChI is InChI=1S/C17H20N4O3/c1-20-10-13(9-19-20)15-3-2-8-21(15)16(22)11-24-14-6-4-12(5-7-14)17(18)23/h4-7,9-10,15H,2-3,8,11H2,1H3,(H2,18,23). The number of amides is 2. The van der Waals surface area contributed by atoms with Crippen LogP contribution in [0.3, 0.4) is 0 Å². The summed E-state index contributed by atoms with van der Waals surface area (Å²) in [6.07, 6.45) is 5.66. The molecule has 1 fully saturated rings. The van der Waals surface area contributed by atoms with Gasteiger partial charge in [-0.05, 0) is 37.1 Å². The first-order valence-corrected chi connectivity index (χ1v) is 7.85. The molecular formula is C17H20N4O3. The van der Waals surface area contributed by atoms with E-state index in [1.807, 2.05) is 18.1 Å². The van der Waals surface area contributed by atoms with Gasteiger partial charge in [-0.1, -0.05) is 0 Å². The van der Waals surface area contributed by atoms with Gasteiger partial charge in [0.2, 0.25) is 5.91 Å². The van der Waals surface area contributed by atoms with Crippen LogP contribution in [0.1, 0.15) is 34.8 Å². The van der Waals surface area contributed by atoms with Crippen LogP contribution in [-0.4, -0.2) is 39.6 Å². The third-order valence-electron chi connectivity index (χ3n) is 4.18. The lowest BCUT2D eigenvalue weighted by atomic mass is 10.1. The predicted octanol–water partition coefficient (Wildman–Crippen LogP) is 1.26. The third-order valence-corrected chi connectivity index (χ3v) is 4.18. The second kappa shape index (κ2) is 6.74. The van der Waals surface area contributed by atoms with Gasteiger partial charge in [0.25, 0.3) is 5.91 Å². The topological polar surface area (TPSA) is 90.5 Å². The van der Waals surface area contributed by atoms with Crippen LogP contribution in [-0.2, 0) is 11.8 Å². The number of aromatic nitrogens is 2. The summed E-state index contributed by atoms with van der Waals surface area (Å²) in [6.45, 7) is 0.690. The summed E-state index contributed by atoms with van der Waals surface area (Å²) < 4.78 is 7.28. The number of hydrogen-bond donors (Lipinski definition) is 1. The SMILES string of the molecule is Cn1cc(C2CCCN2C(=O)COc2ccc(C(N)=O)cc2)cn1. The predicted molar refractivity (Wildman–Crippen MR) is 87.4 cm³/mol. The fraction of sp³-hybridized carbons (Fsp3) is 0.353. The second-order valence-corrected chi connectivity index (χ2v) is 5.87. The lowest BCUT2D eigenvalue weighted by Gasteiger charge is -2.24. The molecule has 1 unspecified atom stereocenters. The van der Waals surface area contributed by atoms with E-state index in [2.05, 4.69) is 5.10 Å². The Hall–Kier alpha value is -2.83. The van der Waals surface area contributed by atoms with Crippen LogP contribution in [0.25, 0.3) is 0 Å². The number of carbonyl (C=O) groups excluding carboxylic acids is 2. The van der Waals surface area contributed by atoms with Crippen molar-refractivity contribution < 1.29 is 14.3 Å². The number of rotatable bonds is 5. The minimum Gasteiger partial charge on any atom is -0.484 e. The Kier molecular flexibility index (Phi) is 4.50. The van der Waals surface area contributed by atoms with Crippen LogP contribution in [0.5, 0.6) is 5.75 Å². The maximum Gasteiger partial charge on any atom is 0.261 e. The number of carbonyl (C=O) groups is 2. The van der Waals surface area contributed by atoms with Crippen molar-refractivity contribution in [2.24, 2.45) is 12.8 Å². The molecule has 0 radical (unpaired) electrons. The number of nitrogens with two attached hydrogens (primary N) is 1. The lowest BCUT2D eigenvalue weighted by Crippen LogP contribution is -2.34. The molecule has 0 spiro atoms. The lowest BCUT2D eigenvalue weighted by molar-refractivity contribution is -0.134. The summed E-state index contributed by atoms with van der Waals surface area (Å²) in [4.78, 5) is 25.4. The number of benzene rings is 1. The molecule has 2 N–H and O–H groups in total. The van der Waals surface area contributed by atoms with E-state index >= 15 is 0 Å². The zero-order valence-corrected chi connectivity index (χ0v) is 13.5. The molecule has 2 heterocycles. The molecular weight excluding hydrogens is 308 g/mol. The molecule has 126 valence electrons. The van der Waals surface area contributed by atoms with Crippen molar-refractivity contribution in [2.45, 2.75) is 18.9 Å². The molecule has 24 heavy (non-hydrogen) atoms. The van der Waals surface area contributed by atoms with Gasteiger partial charge in [-0.3, -0.25) is 14.3 Å². The fourth-order valence-electron chi connectivity index (χ4n) is 2.97. The highest BCUT2D eigenvalue weighted by atomic mass is 16.5. The van der Waals surface area contributed by atoms with E-state index in [4.69, 9.17) is 10.5 Å². The first-order chi connectivity index (χ1) is 11.5. The molecule has 0 aliphatic carbocycles. The van der Waals surface area contributed by atoms with Crippen LogP contribution in [0.4, 0.5) is 0 Å². The van der Waals surface area contributed by atoms with Gasteiger partial charge >= 0.3 is 0 Å². The maximum absolute atomic E-state index is 12.5. The number of likely N-dealkylation sites (tertiary alicyclic amines) is 1. The van der Waals surface area contributed by atoms with E-state index in [-0.39, 0.29) is 18.6 Å². The Bertz CT molecular complexity index is 739. The van der Waals surface area contributed by atoms with Crippen molar-refractivity contribution in [1.82, 2.24) is 14.7 Å². The Morgan fingerprint density at radius 1 is 1.33 bits per heavy atom. The molecule has 7 nitrogen and oxygen atoms in total. The number of ether oxygens (including phenoxy) is 1. The highest BCUT2D eigenvalue weighted by molar-refractivity contribution is 5.92. The van der Waals surface area contributed by atoms with Crippen molar-refractivity contribution in [3.8, 4) is 5.75 Å². The zero-order valence-electron chi connectivity index (χ0n) is 13.5. The summed E-state index contributed by atoms with van der Waals surface area (Å²) in [5, 5.41) is 4.18. The molecule has 1 aromatic heterocycles. The maximum atomic E-state index is 12.5. The molecule has 2 amide bonds. The van der Waals surface area contributed by atoms with Crippen molar-refractivity contribution in [3.05, 3.63) is 47.8 Å². The van der Waals surface area contributed by atoms with Gasteiger partial charge in [0.1, 0.15) is 5.75 Å². The van der Waals surface area contributed by atoms with E-state index < -0.39 is 5.91 Å². The summed E-state index contributed by atoms with van der Waals surface area (Å²) in [6, 6.07) is 6.49. The van der Waals surface area contributed by atoms with Gasteiger partial charge in [-0.25, -0.2) is 0 Å². The highest BCUT2D eigenvalue weighted by Crippen LogP contribution is 2.31. The van der Waals surface area contributed by atoms with Gasteiger partial charge in [-0.2, -0.15) is 5.10 Å². The molecule has 2 aromatic rings. The molecule has 1 atom stereocenters. The van der Waals surface area contributed by atoms with Crippen LogP contribution < -0.4 is 10.5 Å². The van der Waals surface area contributed by atoms with Crippen LogP contribution in [0, 0.1) is 0 Å². The summed E-state index contributed by atoms with van der Waals surface area (Å²) in [7, 11) is 1.86. The van der Waals surface area contributed by atoms with Crippen molar-refractivity contribution in [1.29, 1.82) is 0 Å². The molecule has 1 aromatic carbocycles. The Labute approximate surface area is 140 Å². The Morgan fingerprint density at radius 3 is 2.71 bits per heavy atom. The highest BCUT2D eigenvalue weighted by Gasteiger charge is 2.30. The van der Waals surface area contributed by atoms with E-state index in [1.54, 1.807) is 35.1 Å². The van der Waals surface area contributed by atoms with Gasteiger partial charge in [0.15, 0.2) is 6.61 Å². The first kappa shape index (κ1) is 16.0. The summed E-state index contributed by atoms with van der Waals surface area (Å²) in [5.41, 5.74) is 6.65. The largest absolute Gasteiger partial charge is 0.484 e. The van der Waals surface area contributed by atoms with Gasteiger partial charge in [0, 0.05) is 30.9 Å². The van der Waals surface area contributed by atoms with Gasteiger partial charge in [-0.15, -0.1) is 0 Å². The molecule has 0 bridgehead atoms. The minimum absolute atomic E-state index is 0.0350. The molecule has 0 saturated carbocycles. The molecule has 3 rings (SSSR count). The third kappa shape index (κ3) is 3.40. The van der Waals surface area contributed by atoms with Gasteiger partial charge in [0.05, 0.1) is 12.2 Å². The average Bonchev–Trinajstić information content (AvgIpc) is 3.21. The van der Waals surface area contributed by atoms with Crippen LogP contribution in [0.2, 0.25) is 0 Å². The van der Waals surface area contributed by atoms with Crippen molar-refractivity contribution >= 4 is 11.8 Å². The molecule has 7 heteroatoms. The number of hydrogen-bond acceptors (Lipinski definition) is 4. The number of aryl methyl sites for hydroxylation is 1. The summed E-state index contributed by atoms with van der Waals surface area (Å²) >= 11 is 0. The van der Waals surface area contributed by atoms with E-state index in [0.717, 1.165) is 24.9 Å². The second-order valence-electron chi connectivity index (χ2n) is 5.87. The summed E-state index contributed by atoms with van der Waals surface area (Å²) in [5.74, 6) is -0.0141. The van der Waals surface area contributed by atoms with Crippen LogP contribution >= 0.6 is 0 Å². The first-order valence-electron chi connectivity index (χ1n) is 7.85. The van der Waals surface area contributed by atoms with Crippen LogP contribution in [0.15, 0.2) is 36.7 Å². The smallest absolute Gasteiger partial charge is 0.261 e.